The van der Waals surface area contributed by atoms with Crippen molar-refractivity contribution in [1.82, 2.24) is 4.90 Å². The molecule has 0 spiro atoms. The zero-order chi connectivity index (χ0) is 12.8. The highest BCUT2D eigenvalue weighted by Crippen LogP contribution is 2.35. The molecule has 0 aliphatic carbocycles. The molecule has 0 saturated carbocycles. The molecule has 1 aliphatic rings. The van der Waals surface area contributed by atoms with Gasteiger partial charge in [0.05, 0.1) is 5.84 Å². The number of nitrogens with one attached hydrogen (secondary N) is 1. The Morgan fingerprint density at radius 2 is 1.94 bits per heavy atom. The Balaban J connectivity index is 0.00000106. The largest absolute Gasteiger partial charge is 0.355 e. The van der Waals surface area contributed by atoms with Crippen LogP contribution in [-0.4, -0.2) is 22.8 Å². The highest BCUT2D eigenvalue weighted by Gasteiger charge is 2.37. The molecule has 2 nitrogen and oxygen atoms in total. The Morgan fingerprint density at radius 1 is 1.38 bits per heavy atom. The van der Waals surface area contributed by atoms with Gasteiger partial charge in [0, 0.05) is 12.1 Å². The van der Waals surface area contributed by atoms with Gasteiger partial charge in [0.25, 0.3) is 0 Å². The van der Waals surface area contributed by atoms with Gasteiger partial charge in [-0.05, 0) is 39.5 Å². The van der Waals surface area contributed by atoms with Crippen LogP contribution < -0.4 is 0 Å². The van der Waals surface area contributed by atoms with Crippen molar-refractivity contribution in [3.63, 3.8) is 0 Å². The van der Waals surface area contributed by atoms with E-state index in [4.69, 9.17) is 5.41 Å². The summed E-state index contributed by atoms with van der Waals surface area (Å²) in [7, 11) is 0. The molecule has 16 heavy (non-hydrogen) atoms. The Kier molecular flexibility index (Phi) is 6.70. The van der Waals surface area contributed by atoms with E-state index in [0.29, 0.717) is 0 Å². The maximum Gasteiger partial charge on any atom is 0.0930 e. The lowest BCUT2D eigenvalue weighted by Gasteiger charge is -2.32. The van der Waals surface area contributed by atoms with E-state index in [2.05, 4.69) is 25.7 Å². The lowest BCUT2D eigenvalue weighted by molar-refractivity contribution is 0.279. The van der Waals surface area contributed by atoms with Crippen LogP contribution in [0.3, 0.4) is 0 Å². The van der Waals surface area contributed by atoms with E-state index in [1.54, 1.807) is 0 Å². The van der Waals surface area contributed by atoms with Crippen LogP contribution in [0.4, 0.5) is 0 Å². The normalized spacial score (nSPS) is 22.6. The third-order valence-corrected chi connectivity index (χ3v) is 3.33. The highest BCUT2D eigenvalue weighted by atomic mass is 15.2. The van der Waals surface area contributed by atoms with Crippen LogP contribution >= 0.6 is 0 Å². The first-order valence-corrected chi connectivity index (χ1v) is 6.80. The van der Waals surface area contributed by atoms with E-state index in [1.165, 1.54) is 25.7 Å². The first-order chi connectivity index (χ1) is 7.47. The van der Waals surface area contributed by atoms with Crippen molar-refractivity contribution in [3.05, 3.63) is 0 Å². The molecule has 1 aliphatic heterocycles. The quantitative estimate of drug-likeness (QED) is 0.564. The van der Waals surface area contributed by atoms with Crippen molar-refractivity contribution in [3.8, 4) is 0 Å². The maximum absolute atomic E-state index is 7.74. The highest BCUT2D eigenvalue weighted by molar-refractivity contribution is 5.77. The fourth-order valence-corrected chi connectivity index (χ4v) is 2.66. The zero-order valence-electron chi connectivity index (χ0n) is 12.1. The van der Waals surface area contributed by atoms with E-state index in [-0.39, 0.29) is 5.54 Å². The van der Waals surface area contributed by atoms with Gasteiger partial charge in [-0.3, -0.25) is 5.41 Å². The van der Waals surface area contributed by atoms with Crippen molar-refractivity contribution in [2.45, 2.75) is 72.8 Å². The van der Waals surface area contributed by atoms with E-state index < -0.39 is 0 Å². The average Bonchev–Trinajstić information content (AvgIpc) is 2.54. The second-order valence-electron chi connectivity index (χ2n) is 5.22. The number of nitrogens with zero attached hydrogens (tertiary/aromatic N) is 1. The summed E-state index contributed by atoms with van der Waals surface area (Å²) in [6.45, 7) is 13.8. The molecule has 0 bridgehead atoms. The molecule has 0 aromatic rings. The molecule has 0 aromatic heterocycles. The SMILES string of the molecule is CC.CCCCC1CN(C(C)=N)C(C)(C)C1. The molecule has 1 N–H and O–H groups in total. The molecular formula is C14H30N2. The van der Waals surface area contributed by atoms with Crippen molar-refractivity contribution >= 4 is 5.84 Å². The van der Waals surface area contributed by atoms with Gasteiger partial charge < -0.3 is 4.90 Å². The second-order valence-corrected chi connectivity index (χ2v) is 5.22. The summed E-state index contributed by atoms with van der Waals surface area (Å²) in [5.74, 6) is 1.54. The number of rotatable bonds is 3. The Bertz CT molecular complexity index is 209. The van der Waals surface area contributed by atoms with E-state index in [9.17, 15) is 0 Å². The molecule has 0 amide bonds. The molecule has 1 unspecified atom stereocenters. The first kappa shape index (κ1) is 15.5. The molecule has 1 saturated heterocycles. The van der Waals surface area contributed by atoms with Crippen molar-refractivity contribution in [2.75, 3.05) is 6.54 Å². The smallest absolute Gasteiger partial charge is 0.0930 e. The van der Waals surface area contributed by atoms with Gasteiger partial charge in [-0.2, -0.15) is 0 Å². The maximum atomic E-state index is 7.74. The van der Waals surface area contributed by atoms with Gasteiger partial charge >= 0.3 is 0 Å². The standard InChI is InChI=1S/C12H24N2.C2H6/c1-5-6-7-11-8-12(3,4)14(9-11)10(2)13;1-2/h11,13H,5-9H2,1-4H3;1-2H3. The molecule has 1 heterocycles. The molecule has 2 heteroatoms. The zero-order valence-corrected chi connectivity index (χ0v) is 12.1. The minimum absolute atomic E-state index is 0.213. The molecule has 1 atom stereocenters. The Morgan fingerprint density at radius 3 is 2.31 bits per heavy atom. The third kappa shape index (κ3) is 4.15. The van der Waals surface area contributed by atoms with Gasteiger partial charge in [0.15, 0.2) is 0 Å². The van der Waals surface area contributed by atoms with Crippen LogP contribution in [-0.2, 0) is 0 Å². The van der Waals surface area contributed by atoms with Crippen LogP contribution in [0.1, 0.15) is 67.2 Å². The summed E-state index contributed by atoms with van der Waals surface area (Å²) in [5, 5.41) is 7.74. The minimum atomic E-state index is 0.213. The second kappa shape index (κ2) is 6.93. The van der Waals surface area contributed by atoms with Crippen LogP contribution in [0.25, 0.3) is 0 Å². The summed E-state index contributed by atoms with van der Waals surface area (Å²) >= 11 is 0. The lowest BCUT2D eigenvalue weighted by Crippen LogP contribution is -2.40. The summed E-state index contributed by atoms with van der Waals surface area (Å²) in [5.41, 5.74) is 0.213. The average molecular weight is 226 g/mol. The van der Waals surface area contributed by atoms with Gasteiger partial charge in [0.2, 0.25) is 0 Å². The number of hydrogen-bond acceptors (Lipinski definition) is 1. The van der Waals surface area contributed by atoms with Crippen molar-refractivity contribution in [2.24, 2.45) is 5.92 Å². The predicted molar refractivity (Wildman–Crippen MR) is 73.2 cm³/mol. The van der Waals surface area contributed by atoms with Crippen LogP contribution in [0.5, 0.6) is 0 Å². The molecule has 96 valence electrons. The van der Waals surface area contributed by atoms with Gasteiger partial charge in [-0.15, -0.1) is 0 Å². The fourth-order valence-electron chi connectivity index (χ4n) is 2.66. The summed E-state index contributed by atoms with van der Waals surface area (Å²) in [6, 6.07) is 0. The summed E-state index contributed by atoms with van der Waals surface area (Å²) < 4.78 is 0. The summed E-state index contributed by atoms with van der Waals surface area (Å²) in [4.78, 5) is 2.26. The predicted octanol–water partition coefficient (Wildman–Crippen LogP) is 4.30. The van der Waals surface area contributed by atoms with Crippen LogP contribution in [0, 0.1) is 11.3 Å². The van der Waals surface area contributed by atoms with E-state index in [0.717, 1.165) is 18.3 Å². The number of hydrogen-bond donors (Lipinski definition) is 1. The topological polar surface area (TPSA) is 27.1 Å². The monoisotopic (exact) mass is 226 g/mol. The van der Waals surface area contributed by atoms with Gasteiger partial charge in [0.1, 0.15) is 0 Å². The molecular weight excluding hydrogens is 196 g/mol. The lowest BCUT2D eigenvalue weighted by atomic mass is 9.93. The van der Waals surface area contributed by atoms with Crippen molar-refractivity contribution < 1.29 is 0 Å². The van der Waals surface area contributed by atoms with E-state index in [1.807, 2.05) is 20.8 Å². The Labute approximate surface area is 102 Å². The molecule has 1 fully saturated rings. The number of amidine groups is 1. The Hall–Kier alpha value is -0.530. The van der Waals surface area contributed by atoms with Crippen LogP contribution in [0.2, 0.25) is 0 Å². The van der Waals surface area contributed by atoms with Gasteiger partial charge in [-0.1, -0.05) is 33.6 Å². The fraction of sp³-hybridized carbons (Fsp3) is 0.929. The molecule has 1 rings (SSSR count). The molecule has 0 aromatic carbocycles. The number of likely N-dealkylation sites (tertiary alicyclic amines) is 1. The number of unbranched alkanes of at least 4 members (excludes halogenated alkanes) is 1. The van der Waals surface area contributed by atoms with E-state index >= 15 is 0 Å². The first-order valence-electron chi connectivity index (χ1n) is 6.80. The van der Waals surface area contributed by atoms with Crippen molar-refractivity contribution in [1.29, 1.82) is 5.41 Å². The minimum Gasteiger partial charge on any atom is -0.355 e. The third-order valence-electron chi connectivity index (χ3n) is 3.33. The van der Waals surface area contributed by atoms with Gasteiger partial charge in [-0.25, -0.2) is 0 Å². The van der Waals surface area contributed by atoms with Crippen LogP contribution in [0.15, 0.2) is 0 Å². The summed E-state index contributed by atoms with van der Waals surface area (Å²) in [6.07, 6.45) is 5.22. The molecule has 0 radical (unpaired) electrons.